The molecule has 1 heterocycles. The Balaban J connectivity index is 0.00000192. The zero-order valence-electron chi connectivity index (χ0n) is 13.6. The fraction of sp³-hybridized carbons (Fsp3) is 0.611. The van der Waals surface area contributed by atoms with Crippen LogP contribution in [-0.4, -0.2) is 25.1 Å². The van der Waals surface area contributed by atoms with Crippen LogP contribution in [0.25, 0.3) is 0 Å². The van der Waals surface area contributed by atoms with Crippen molar-refractivity contribution in [3.63, 3.8) is 0 Å². The summed E-state index contributed by atoms with van der Waals surface area (Å²) in [6.45, 7) is 2.36. The third kappa shape index (κ3) is 5.48. The Morgan fingerprint density at radius 1 is 1.22 bits per heavy atom. The first-order valence-corrected chi connectivity index (χ1v) is 8.53. The maximum atomic E-state index is 12.1. The van der Waals surface area contributed by atoms with E-state index in [2.05, 4.69) is 16.7 Å². The first-order chi connectivity index (χ1) is 10.8. The molecular formula is C18H27ClN2O2. The number of halogens is 1. The largest absolute Gasteiger partial charge is 0.374 e. The molecule has 1 unspecified atom stereocenters. The molecule has 1 aliphatic carbocycles. The summed E-state index contributed by atoms with van der Waals surface area (Å²) >= 11 is 0. The van der Waals surface area contributed by atoms with E-state index in [1.54, 1.807) is 0 Å². The van der Waals surface area contributed by atoms with Crippen LogP contribution in [0, 0.1) is 5.92 Å². The van der Waals surface area contributed by atoms with Crippen molar-refractivity contribution in [3.05, 3.63) is 29.8 Å². The number of rotatable bonds is 5. The minimum Gasteiger partial charge on any atom is -0.374 e. The number of hydrogen-bond donors (Lipinski definition) is 2. The Morgan fingerprint density at radius 3 is 2.78 bits per heavy atom. The van der Waals surface area contributed by atoms with E-state index < -0.39 is 0 Å². The van der Waals surface area contributed by atoms with E-state index in [1.807, 2.05) is 18.2 Å². The molecule has 2 N–H and O–H groups in total. The number of benzene rings is 1. The molecule has 0 aromatic heterocycles. The summed E-state index contributed by atoms with van der Waals surface area (Å²) in [4.78, 5) is 12.1. The first kappa shape index (κ1) is 18.2. The number of amides is 1. The van der Waals surface area contributed by atoms with Gasteiger partial charge in [0.25, 0.3) is 0 Å². The number of ether oxygens (including phenoxy) is 1. The van der Waals surface area contributed by atoms with Gasteiger partial charge in [-0.15, -0.1) is 12.4 Å². The third-order valence-electron chi connectivity index (χ3n) is 4.66. The highest BCUT2D eigenvalue weighted by atomic mass is 35.5. The molecule has 2 aliphatic rings. The van der Waals surface area contributed by atoms with E-state index in [0.29, 0.717) is 12.7 Å². The Hall–Kier alpha value is -1.10. The Bertz CT molecular complexity index is 498. The zero-order valence-corrected chi connectivity index (χ0v) is 14.4. The van der Waals surface area contributed by atoms with Gasteiger partial charge in [-0.2, -0.15) is 0 Å². The van der Waals surface area contributed by atoms with E-state index in [-0.39, 0.29) is 24.2 Å². The van der Waals surface area contributed by atoms with Crippen LogP contribution in [0.2, 0.25) is 0 Å². The van der Waals surface area contributed by atoms with Crippen molar-refractivity contribution in [3.8, 4) is 0 Å². The lowest BCUT2D eigenvalue weighted by Crippen LogP contribution is -2.24. The quantitative estimate of drug-likeness (QED) is 0.863. The molecule has 0 radical (unpaired) electrons. The van der Waals surface area contributed by atoms with Gasteiger partial charge < -0.3 is 15.4 Å². The van der Waals surface area contributed by atoms with Gasteiger partial charge in [0, 0.05) is 12.2 Å². The highest BCUT2D eigenvalue weighted by Gasteiger charge is 2.22. The van der Waals surface area contributed by atoms with E-state index in [9.17, 15) is 4.79 Å². The van der Waals surface area contributed by atoms with Crippen molar-refractivity contribution < 1.29 is 9.53 Å². The normalized spacial score (nSPS) is 21.7. The number of anilines is 1. The molecule has 1 atom stereocenters. The van der Waals surface area contributed by atoms with Crippen molar-refractivity contribution in [2.75, 3.05) is 18.4 Å². The van der Waals surface area contributed by atoms with Gasteiger partial charge in [-0.3, -0.25) is 4.79 Å². The van der Waals surface area contributed by atoms with Gasteiger partial charge in [-0.25, -0.2) is 0 Å². The lowest BCUT2D eigenvalue weighted by atomic mass is 9.98. The highest BCUT2D eigenvalue weighted by molar-refractivity contribution is 5.92. The minimum absolute atomic E-state index is 0. The number of hydrogen-bond acceptors (Lipinski definition) is 3. The number of nitrogens with one attached hydrogen (secondary N) is 2. The molecule has 0 spiro atoms. The van der Waals surface area contributed by atoms with E-state index in [0.717, 1.165) is 30.8 Å². The fourth-order valence-corrected chi connectivity index (χ4v) is 3.31. The molecule has 1 aromatic rings. The maximum Gasteiger partial charge on any atom is 0.228 e. The van der Waals surface area contributed by atoms with Crippen LogP contribution in [-0.2, 0) is 16.1 Å². The third-order valence-corrected chi connectivity index (χ3v) is 4.66. The summed E-state index contributed by atoms with van der Waals surface area (Å²) in [6, 6.07) is 8.03. The van der Waals surface area contributed by atoms with Gasteiger partial charge in [0.2, 0.25) is 5.91 Å². The SMILES string of the molecule is Cl.O=C(Nc1cccc(COC2CCCCC2)c1)C1CCNC1. The van der Waals surface area contributed by atoms with Gasteiger partial charge in [-0.05, 0) is 43.5 Å². The molecule has 2 fully saturated rings. The molecule has 128 valence electrons. The van der Waals surface area contributed by atoms with Crippen LogP contribution >= 0.6 is 12.4 Å². The second-order valence-electron chi connectivity index (χ2n) is 6.45. The fourth-order valence-electron chi connectivity index (χ4n) is 3.31. The summed E-state index contributed by atoms with van der Waals surface area (Å²) in [5.41, 5.74) is 2.01. The van der Waals surface area contributed by atoms with E-state index >= 15 is 0 Å². The zero-order chi connectivity index (χ0) is 15.2. The smallest absolute Gasteiger partial charge is 0.228 e. The van der Waals surface area contributed by atoms with Gasteiger partial charge in [0.15, 0.2) is 0 Å². The van der Waals surface area contributed by atoms with Crippen LogP contribution < -0.4 is 10.6 Å². The average molecular weight is 339 g/mol. The van der Waals surface area contributed by atoms with Gasteiger partial charge in [0.05, 0.1) is 18.6 Å². The van der Waals surface area contributed by atoms with Gasteiger partial charge >= 0.3 is 0 Å². The Morgan fingerprint density at radius 2 is 2.04 bits per heavy atom. The molecule has 4 nitrogen and oxygen atoms in total. The summed E-state index contributed by atoms with van der Waals surface area (Å²) < 4.78 is 6.01. The standard InChI is InChI=1S/C18H26N2O2.ClH/c21-18(15-9-10-19-12-15)20-16-6-4-5-14(11-16)13-22-17-7-2-1-3-8-17;/h4-6,11,15,17,19H,1-3,7-10,12-13H2,(H,20,21);1H. The summed E-state index contributed by atoms with van der Waals surface area (Å²) in [5.74, 6) is 0.220. The molecule has 1 aromatic carbocycles. The highest BCUT2D eigenvalue weighted by Crippen LogP contribution is 2.22. The summed E-state index contributed by atoms with van der Waals surface area (Å²) in [6.07, 6.45) is 7.63. The van der Waals surface area contributed by atoms with E-state index in [1.165, 1.54) is 32.1 Å². The van der Waals surface area contributed by atoms with Crippen molar-refractivity contribution in [1.82, 2.24) is 5.32 Å². The van der Waals surface area contributed by atoms with Gasteiger partial charge in [-0.1, -0.05) is 31.4 Å². The number of carbonyl (C=O) groups excluding carboxylic acids is 1. The second kappa shape index (κ2) is 9.26. The lowest BCUT2D eigenvalue weighted by molar-refractivity contribution is -0.119. The Labute approximate surface area is 144 Å². The van der Waals surface area contributed by atoms with Crippen molar-refractivity contribution >= 4 is 24.0 Å². The molecule has 5 heteroatoms. The molecule has 1 aliphatic heterocycles. The van der Waals surface area contributed by atoms with Crippen molar-refractivity contribution in [2.45, 2.75) is 51.2 Å². The second-order valence-corrected chi connectivity index (χ2v) is 6.45. The van der Waals surface area contributed by atoms with Crippen LogP contribution in [0.5, 0.6) is 0 Å². The molecule has 3 rings (SSSR count). The Kier molecular flexibility index (Phi) is 7.34. The van der Waals surface area contributed by atoms with Gasteiger partial charge in [0.1, 0.15) is 0 Å². The summed E-state index contributed by atoms with van der Waals surface area (Å²) in [7, 11) is 0. The molecule has 1 saturated carbocycles. The monoisotopic (exact) mass is 338 g/mol. The van der Waals surface area contributed by atoms with Crippen LogP contribution in [0.15, 0.2) is 24.3 Å². The average Bonchev–Trinajstić information content (AvgIpc) is 3.09. The van der Waals surface area contributed by atoms with Crippen molar-refractivity contribution in [1.29, 1.82) is 0 Å². The molecule has 1 saturated heterocycles. The maximum absolute atomic E-state index is 12.1. The van der Waals surface area contributed by atoms with E-state index in [4.69, 9.17) is 4.74 Å². The molecule has 0 bridgehead atoms. The minimum atomic E-state index is 0. The molecule has 1 amide bonds. The van der Waals surface area contributed by atoms with Crippen LogP contribution in [0.4, 0.5) is 5.69 Å². The molecule has 23 heavy (non-hydrogen) atoms. The van der Waals surface area contributed by atoms with Crippen LogP contribution in [0.1, 0.15) is 44.1 Å². The first-order valence-electron chi connectivity index (χ1n) is 8.53. The lowest BCUT2D eigenvalue weighted by Gasteiger charge is -2.22. The van der Waals surface area contributed by atoms with Crippen molar-refractivity contribution in [2.24, 2.45) is 5.92 Å². The molecular weight excluding hydrogens is 312 g/mol. The number of carbonyl (C=O) groups is 1. The predicted molar refractivity (Wildman–Crippen MR) is 95.0 cm³/mol. The van der Waals surface area contributed by atoms with Crippen LogP contribution in [0.3, 0.4) is 0 Å². The topological polar surface area (TPSA) is 50.4 Å². The summed E-state index contributed by atoms with van der Waals surface area (Å²) in [5, 5.41) is 6.25. The predicted octanol–water partition coefficient (Wildman–Crippen LogP) is 3.51.